The Labute approximate surface area is 106 Å². The molecule has 92 valence electrons. The molecule has 18 heavy (non-hydrogen) atoms. The highest BCUT2D eigenvalue weighted by molar-refractivity contribution is 5.76. The van der Waals surface area contributed by atoms with E-state index in [9.17, 15) is 0 Å². The minimum atomic E-state index is -0.0238. The Hall–Kier alpha value is -2.07. The Morgan fingerprint density at radius 1 is 1.28 bits per heavy atom. The summed E-state index contributed by atoms with van der Waals surface area (Å²) >= 11 is 0. The number of benzene rings is 1. The van der Waals surface area contributed by atoms with Crippen LogP contribution >= 0.6 is 0 Å². The third kappa shape index (κ3) is 3.46. The van der Waals surface area contributed by atoms with Gasteiger partial charge in [0.2, 0.25) is 0 Å². The molecule has 2 rings (SSSR count). The van der Waals surface area contributed by atoms with Crippen molar-refractivity contribution in [1.29, 1.82) is 0 Å². The molecule has 0 radical (unpaired) electrons. The van der Waals surface area contributed by atoms with Crippen LogP contribution in [0.4, 0.5) is 0 Å². The first-order valence-electron chi connectivity index (χ1n) is 5.73. The van der Waals surface area contributed by atoms with Gasteiger partial charge in [0, 0.05) is 19.5 Å². The molecule has 4 nitrogen and oxygen atoms in total. The lowest BCUT2D eigenvalue weighted by Crippen LogP contribution is -2.05. The van der Waals surface area contributed by atoms with E-state index in [0.717, 1.165) is 11.3 Å². The molecule has 1 aromatic heterocycles. The standard InChI is InChI=1S/C14H15N3O/c1-18-14(12-5-3-2-4-6-12)10-16-9-13-7-8-15-11-17-13/h2-9,11,14H,10H2,1H3. The minimum absolute atomic E-state index is 0.0238. The van der Waals surface area contributed by atoms with Crippen LogP contribution in [0.1, 0.15) is 17.4 Å². The van der Waals surface area contributed by atoms with Gasteiger partial charge >= 0.3 is 0 Å². The van der Waals surface area contributed by atoms with Crippen LogP contribution in [0.2, 0.25) is 0 Å². The molecule has 0 aliphatic rings. The molecular formula is C14H15N3O. The molecule has 0 aliphatic carbocycles. The molecule has 4 heteroatoms. The average Bonchev–Trinajstić information content (AvgIpc) is 2.46. The number of ether oxygens (including phenoxy) is 1. The lowest BCUT2D eigenvalue weighted by Gasteiger charge is -2.12. The summed E-state index contributed by atoms with van der Waals surface area (Å²) < 4.78 is 5.43. The zero-order valence-corrected chi connectivity index (χ0v) is 10.2. The lowest BCUT2D eigenvalue weighted by molar-refractivity contribution is 0.111. The molecule has 0 bridgehead atoms. The van der Waals surface area contributed by atoms with E-state index in [2.05, 4.69) is 15.0 Å². The molecule has 1 heterocycles. The molecule has 0 saturated heterocycles. The smallest absolute Gasteiger partial charge is 0.116 e. The van der Waals surface area contributed by atoms with E-state index in [1.807, 2.05) is 36.4 Å². The fourth-order valence-corrected chi connectivity index (χ4v) is 1.60. The third-order valence-electron chi connectivity index (χ3n) is 2.56. The maximum absolute atomic E-state index is 5.43. The van der Waals surface area contributed by atoms with Crippen LogP contribution in [0.5, 0.6) is 0 Å². The highest BCUT2D eigenvalue weighted by Gasteiger charge is 2.07. The van der Waals surface area contributed by atoms with Crippen LogP contribution in [0.3, 0.4) is 0 Å². The van der Waals surface area contributed by atoms with E-state index >= 15 is 0 Å². The quantitative estimate of drug-likeness (QED) is 0.754. The fourth-order valence-electron chi connectivity index (χ4n) is 1.60. The van der Waals surface area contributed by atoms with E-state index in [-0.39, 0.29) is 6.10 Å². The summed E-state index contributed by atoms with van der Waals surface area (Å²) in [6, 6.07) is 11.9. The zero-order valence-electron chi connectivity index (χ0n) is 10.2. The van der Waals surface area contributed by atoms with Gasteiger partial charge in [0.15, 0.2) is 0 Å². The SMILES string of the molecule is COC(CN=Cc1ccncn1)c1ccccc1. The first-order chi connectivity index (χ1) is 8.90. The van der Waals surface area contributed by atoms with E-state index in [0.29, 0.717) is 6.54 Å². The van der Waals surface area contributed by atoms with Gasteiger partial charge in [0.05, 0.1) is 12.2 Å². The number of nitrogens with zero attached hydrogens (tertiary/aromatic N) is 3. The molecule has 0 amide bonds. The van der Waals surface area contributed by atoms with Crippen molar-refractivity contribution >= 4 is 6.21 Å². The van der Waals surface area contributed by atoms with E-state index in [4.69, 9.17) is 4.74 Å². The highest BCUT2D eigenvalue weighted by Crippen LogP contribution is 2.16. The molecule has 0 spiro atoms. The Bertz CT molecular complexity index is 485. The zero-order chi connectivity index (χ0) is 12.6. The van der Waals surface area contributed by atoms with Crippen molar-refractivity contribution in [2.75, 3.05) is 13.7 Å². The second kappa shape index (κ2) is 6.61. The number of rotatable bonds is 5. The molecule has 0 fully saturated rings. The molecule has 2 aromatic rings. The van der Waals surface area contributed by atoms with Crippen molar-refractivity contribution in [2.45, 2.75) is 6.10 Å². The van der Waals surface area contributed by atoms with Crippen molar-refractivity contribution in [3.05, 3.63) is 60.2 Å². The summed E-state index contributed by atoms with van der Waals surface area (Å²) in [4.78, 5) is 12.3. The largest absolute Gasteiger partial charge is 0.375 e. The molecule has 1 atom stereocenters. The monoisotopic (exact) mass is 241 g/mol. The van der Waals surface area contributed by atoms with Gasteiger partial charge in [-0.05, 0) is 11.6 Å². The summed E-state index contributed by atoms with van der Waals surface area (Å²) in [5.41, 5.74) is 1.92. The van der Waals surface area contributed by atoms with Gasteiger partial charge < -0.3 is 4.74 Å². The van der Waals surface area contributed by atoms with Gasteiger partial charge in [-0.1, -0.05) is 30.3 Å². The number of aromatic nitrogens is 2. The molecule has 0 N–H and O–H groups in total. The first-order valence-corrected chi connectivity index (χ1v) is 5.73. The second-order valence-corrected chi connectivity index (χ2v) is 3.76. The normalized spacial score (nSPS) is 12.7. The topological polar surface area (TPSA) is 47.4 Å². The van der Waals surface area contributed by atoms with Gasteiger partial charge in [-0.2, -0.15) is 0 Å². The predicted octanol–water partition coefficient (Wildman–Crippen LogP) is 2.28. The van der Waals surface area contributed by atoms with Gasteiger partial charge in [-0.3, -0.25) is 4.99 Å². The van der Waals surface area contributed by atoms with Crippen molar-refractivity contribution in [3.8, 4) is 0 Å². The van der Waals surface area contributed by atoms with Crippen LogP contribution in [0.25, 0.3) is 0 Å². The first kappa shape index (κ1) is 12.4. The third-order valence-corrected chi connectivity index (χ3v) is 2.56. The van der Waals surface area contributed by atoms with E-state index in [1.54, 1.807) is 19.5 Å². The molecule has 0 saturated carbocycles. The fraction of sp³-hybridized carbons (Fsp3) is 0.214. The van der Waals surface area contributed by atoms with Gasteiger partial charge in [-0.15, -0.1) is 0 Å². The molecule has 1 aromatic carbocycles. The van der Waals surface area contributed by atoms with Crippen LogP contribution in [-0.2, 0) is 4.74 Å². The number of hydrogen-bond acceptors (Lipinski definition) is 4. The lowest BCUT2D eigenvalue weighted by atomic mass is 10.1. The van der Waals surface area contributed by atoms with Gasteiger partial charge in [0.25, 0.3) is 0 Å². The van der Waals surface area contributed by atoms with Crippen LogP contribution in [-0.4, -0.2) is 29.8 Å². The summed E-state index contributed by atoms with van der Waals surface area (Å²) in [6.07, 6.45) is 4.91. The highest BCUT2D eigenvalue weighted by atomic mass is 16.5. The Balaban J connectivity index is 1.98. The predicted molar refractivity (Wildman–Crippen MR) is 70.7 cm³/mol. The van der Waals surface area contributed by atoms with E-state index < -0.39 is 0 Å². The molecule has 0 aliphatic heterocycles. The van der Waals surface area contributed by atoms with Gasteiger partial charge in [-0.25, -0.2) is 9.97 Å². The summed E-state index contributed by atoms with van der Waals surface area (Å²) in [5, 5.41) is 0. The Morgan fingerprint density at radius 2 is 2.11 bits per heavy atom. The second-order valence-electron chi connectivity index (χ2n) is 3.76. The van der Waals surface area contributed by atoms with Crippen molar-refractivity contribution < 1.29 is 4.74 Å². The molecule has 1 unspecified atom stereocenters. The van der Waals surface area contributed by atoms with Crippen molar-refractivity contribution in [1.82, 2.24) is 9.97 Å². The van der Waals surface area contributed by atoms with Crippen LogP contribution in [0.15, 0.2) is 53.9 Å². The van der Waals surface area contributed by atoms with Gasteiger partial charge in [0.1, 0.15) is 12.4 Å². The van der Waals surface area contributed by atoms with E-state index in [1.165, 1.54) is 6.33 Å². The Kier molecular flexibility index (Phi) is 4.55. The minimum Gasteiger partial charge on any atom is -0.375 e. The van der Waals surface area contributed by atoms with Crippen molar-refractivity contribution in [2.24, 2.45) is 4.99 Å². The number of aliphatic imine (C=N–C) groups is 1. The van der Waals surface area contributed by atoms with Crippen molar-refractivity contribution in [3.63, 3.8) is 0 Å². The summed E-state index contributed by atoms with van der Waals surface area (Å²) in [6.45, 7) is 0.574. The number of hydrogen-bond donors (Lipinski definition) is 0. The maximum atomic E-state index is 5.43. The maximum Gasteiger partial charge on any atom is 0.116 e. The van der Waals surface area contributed by atoms with Crippen LogP contribution in [0, 0.1) is 0 Å². The summed E-state index contributed by atoms with van der Waals surface area (Å²) in [5.74, 6) is 0. The number of methoxy groups -OCH3 is 1. The van der Waals surface area contributed by atoms with Crippen LogP contribution < -0.4 is 0 Å². The molecular weight excluding hydrogens is 226 g/mol. The Morgan fingerprint density at radius 3 is 2.78 bits per heavy atom. The summed E-state index contributed by atoms with van der Waals surface area (Å²) in [7, 11) is 1.69. The average molecular weight is 241 g/mol.